The molecule has 2 aromatic rings. The molecule has 17 heavy (non-hydrogen) atoms. The Morgan fingerprint density at radius 3 is 2.76 bits per heavy atom. The Morgan fingerprint density at radius 1 is 1.35 bits per heavy atom. The molecule has 1 heterocycles. The number of nitrogens with one attached hydrogen (secondary N) is 1. The van der Waals surface area contributed by atoms with Gasteiger partial charge in [0, 0.05) is 16.3 Å². The van der Waals surface area contributed by atoms with Crippen LogP contribution in [0, 0.1) is 6.92 Å². The molecule has 0 aliphatic carbocycles. The van der Waals surface area contributed by atoms with Crippen molar-refractivity contribution in [3.63, 3.8) is 0 Å². The van der Waals surface area contributed by atoms with Gasteiger partial charge in [-0.2, -0.15) is 0 Å². The number of ether oxygens (including phenoxy) is 1. The van der Waals surface area contributed by atoms with E-state index in [1.54, 1.807) is 18.4 Å². The molecule has 0 amide bonds. The van der Waals surface area contributed by atoms with Crippen molar-refractivity contribution >= 4 is 22.7 Å². The van der Waals surface area contributed by atoms with E-state index in [4.69, 9.17) is 10.5 Å². The minimum atomic E-state index is 0.759. The molecule has 90 valence electrons. The number of methoxy groups -OCH3 is 1. The van der Waals surface area contributed by atoms with Gasteiger partial charge in [-0.15, -0.1) is 11.3 Å². The van der Waals surface area contributed by atoms with Crippen molar-refractivity contribution in [2.45, 2.75) is 13.5 Å². The maximum absolute atomic E-state index is 5.83. The van der Waals surface area contributed by atoms with Gasteiger partial charge in [0.05, 0.1) is 13.7 Å². The zero-order valence-corrected chi connectivity index (χ0v) is 10.8. The smallest absolute Gasteiger partial charge is 0.121 e. The van der Waals surface area contributed by atoms with Crippen LogP contribution in [0.2, 0.25) is 0 Å². The zero-order valence-electron chi connectivity index (χ0n) is 9.99. The van der Waals surface area contributed by atoms with Gasteiger partial charge in [-0.05, 0) is 42.1 Å². The van der Waals surface area contributed by atoms with Crippen LogP contribution in [-0.4, -0.2) is 7.11 Å². The quantitative estimate of drug-likeness (QED) is 0.873. The fourth-order valence-corrected chi connectivity index (χ4v) is 2.40. The number of rotatable bonds is 4. The summed E-state index contributed by atoms with van der Waals surface area (Å²) in [6.07, 6.45) is 0. The summed E-state index contributed by atoms with van der Waals surface area (Å²) in [6.45, 7) is 2.79. The van der Waals surface area contributed by atoms with Crippen LogP contribution in [-0.2, 0) is 6.54 Å². The number of hydrogen-bond acceptors (Lipinski definition) is 4. The van der Waals surface area contributed by atoms with E-state index in [0.717, 1.165) is 29.2 Å². The van der Waals surface area contributed by atoms with Crippen molar-refractivity contribution < 1.29 is 4.74 Å². The lowest BCUT2D eigenvalue weighted by Crippen LogP contribution is -2.00. The second-order valence-electron chi connectivity index (χ2n) is 3.84. The highest BCUT2D eigenvalue weighted by Gasteiger charge is 2.02. The molecule has 0 fully saturated rings. The highest BCUT2D eigenvalue weighted by molar-refractivity contribution is 7.10. The fraction of sp³-hybridized carbons (Fsp3) is 0.231. The highest BCUT2D eigenvalue weighted by Crippen LogP contribution is 2.24. The summed E-state index contributed by atoms with van der Waals surface area (Å²) in [4.78, 5) is 1.17. The summed E-state index contributed by atoms with van der Waals surface area (Å²) in [7, 11) is 1.68. The third-order valence-electron chi connectivity index (χ3n) is 2.63. The van der Waals surface area contributed by atoms with Crippen molar-refractivity contribution in [2.24, 2.45) is 0 Å². The van der Waals surface area contributed by atoms with Crippen LogP contribution in [0.15, 0.2) is 29.6 Å². The molecule has 0 bridgehead atoms. The third kappa shape index (κ3) is 2.71. The monoisotopic (exact) mass is 248 g/mol. The number of nitrogen functional groups attached to an aromatic ring is 1. The van der Waals surface area contributed by atoms with Gasteiger partial charge in [-0.3, -0.25) is 0 Å². The largest absolute Gasteiger partial charge is 0.496 e. The molecular weight excluding hydrogens is 232 g/mol. The first-order chi connectivity index (χ1) is 8.20. The van der Waals surface area contributed by atoms with E-state index in [-0.39, 0.29) is 0 Å². The Kier molecular flexibility index (Phi) is 3.54. The molecule has 0 spiro atoms. The minimum absolute atomic E-state index is 0.759. The van der Waals surface area contributed by atoms with Gasteiger partial charge >= 0.3 is 0 Å². The number of aryl methyl sites for hydroxylation is 1. The normalized spacial score (nSPS) is 10.2. The molecule has 0 aliphatic heterocycles. The zero-order chi connectivity index (χ0) is 12.3. The van der Waals surface area contributed by atoms with Crippen LogP contribution < -0.4 is 15.8 Å². The Morgan fingerprint density at radius 2 is 2.18 bits per heavy atom. The van der Waals surface area contributed by atoms with E-state index in [1.807, 2.05) is 30.5 Å². The van der Waals surface area contributed by atoms with Crippen molar-refractivity contribution in [2.75, 3.05) is 18.2 Å². The van der Waals surface area contributed by atoms with Crippen LogP contribution >= 0.6 is 11.3 Å². The fourth-order valence-electron chi connectivity index (χ4n) is 1.66. The highest BCUT2D eigenvalue weighted by atomic mass is 32.1. The maximum Gasteiger partial charge on any atom is 0.121 e. The molecule has 3 N–H and O–H groups in total. The maximum atomic E-state index is 5.83. The Bertz CT molecular complexity index is 508. The average molecular weight is 248 g/mol. The standard InChI is InChI=1S/C13H16N2OS/c1-9-7-10(3-4-12(9)16-2)15-8-13-11(14)5-6-17-13/h3-7,15H,8,14H2,1-2H3. The molecule has 1 aromatic heterocycles. The van der Waals surface area contributed by atoms with E-state index in [0.29, 0.717) is 0 Å². The van der Waals surface area contributed by atoms with Crippen LogP contribution in [0.1, 0.15) is 10.4 Å². The first-order valence-electron chi connectivity index (χ1n) is 5.41. The Hall–Kier alpha value is -1.68. The molecule has 0 atom stereocenters. The lowest BCUT2D eigenvalue weighted by atomic mass is 10.2. The summed E-state index contributed by atoms with van der Waals surface area (Å²) >= 11 is 1.67. The Labute approximate surface area is 105 Å². The van der Waals surface area contributed by atoms with Gasteiger partial charge in [-0.1, -0.05) is 0 Å². The number of anilines is 2. The predicted octanol–water partition coefficient (Wildman–Crippen LogP) is 3.26. The average Bonchev–Trinajstić information content (AvgIpc) is 2.72. The van der Waals surface area contributed by atoms with Crippen molar-refractivity contribution in [3.8, 4) is 5.75 Å². The van der Waals surface area contributed by atoms with Crippen molar-refractivity contribution in [1.29, 1.82) is 0 Å². The summed E-state index contributed by atoms with van der Waals surface area (Å²) in [5.74, 6) is 0.909. The number of benzene rings is 1. The molecule has 0 saturated carbocycles. The molecule has 1 aromatic carbocycles. The molecule has 0 saturated heterocycles. The van der Waals surface area contributed by atoms with E-state index in [9.17, 15) is 0 Å². The van der Waals surface area contributed by atoms with Crippen molar-refractivity contribution in [3.05, 3.63) is 40.1 Å². The molecule has 0 unspecified atom stereocenters. The number of hydrogen-bond donors (Lipinski definition) is 2. The minimum Gasteiger partial charge on any atom is -0.496 e. The van der Waals surface area contributed by atoms with Gasteiger partial charge in [0.25, 0.3) is 0 Å². The van der Waals surface area contributed by atoms with Crippen LogP contribution in [0.5, 0.6) is 5.75 Å². The Balaban J connectivity index is 2.05. The molecule has 0 radical (unpaired) electrons. The van der Waals surface area contributed by atoms with E-state index in [1.165, 1.54) is 4.88 Å². The van der Waals surface area contributed by atoms with Crippen molar-refractivity contribution in [1.82, 2.24) is 0 Å². The first-order valence-corrected chi connectivity index (χ1v) is 6.29. The molecule has 4 heteroatoms. The van der Waals surface area contributed by atoms with Crippen LogP contribution in [0.25, 0.3) is 0 Å². The number of nitrogens with two attached hydrogens (primary N) is 1. The SMILES string of the molecule is COc1ccc(NCc2sccc2N)cc1C. The molecule has 0 aliphatic rings. The van der Waals surface area contributed by atoms with Crippen LogP contribution in [0.3, 0.4) is 0 Å². The van der Waals surface area contributed by atoms with Gasteiger partial charge < -0.3 is 15.8 Å². The van der Waals surface area contributed by atoms with Gasteiger partial charge in [0.2, 0.25) is 0 Å². The summed E-state index contributed by atoms with van der Waals surface area (Å²) in [5.41, 5.74) is 8.89. The van der Waals surface area contributed by atoms with Gasteiger partial charge in [0.15, 0.2) is 0 Å². The topological polar surface area (TPSA) is 47.3 Å². The van der Waals surface area contributed by atoms with Gasteiger partial charge in [0.1, 0.15) is 5.75 Å². The predicted molar refractivity (Wildman–Crippen MR) is 73.8 cm³/mol. The number of thiophene rings is 1. The summed E-state index contributed by atoms with van der Waals surface area (Å²) in [5, 5.41) is 5.36. The summed E-state index contributed by atoms with van der Waals surface area (Å²) in [6, 6.07) is 7.98. The van der Waals surface area contributed by atoms with E-state index in [2.05, 4.69) is 11.4 Å². The summed E-state index contributed by atoms with van der Waals surface area (Å²) < 4.78 is 5.22. The van der Waals surface area contributed by atoms with Crippen LogP contribution in [0.4, 0.5) is 11.4 Å². The lowest BCUT2D eigenvalue weighted by molar-refractivity contribution is 0.412. The molecule has 3 nitrogen and oxygen atoms in total. The molecule has 2 rings (SSSR count). The second kappa shape index (κ2) is 5.10. The lowest BCUT2D eigenvalue weighted by Gasteiger charge is -2.09. The third-order valence-corrected chi connectivity index (χ3v) is 3.56. The second-order valence-corrected chi connectivity index (χ2v) is 4.84. The van der Waals surface area contributed by atoms with E-state index >= 15 is 0 Å². The van der Waals surface area contributed by atoms with E-state index < -0.39 is 0 Å². The van der Waals surface area contributed by atoms with Gasteiger partial charge in [-0.25, -0.2) is 0 Å². The molecular formula is C13H16N2OS. The first kappa shape index (κ1) is 11.8.